The average molecular weight is 444 g/mol. The minimum Gasteiger partial charge on any atom is -0.481 e. The number of hydrogen-bond acceptors (Lipinski definition) is 5. The van der Waals surface area contributed by atoms with Gasteiger partial charge in [-0.25, -0.2) is 8.42 Å². The van der Waals surface area contributed by atoms with Gasteiger partial charge in [-0.05, 0) is 42.3 Å². The predicted octanol–water partition coefficient (Wildman–Crippen LogP) is 4.02. The highest BCUT2D eigenvalue weighted by Gasteiger charge is 2.35. The molecule has 0 amide bonds. The van der Waals surface area contributed by atoms with E-state index in [9.17, 15) is 26.4 Å². The summed E-state index contributed by atoms with van der Waals surface area (Å²) in [5, 5.41) is 12.6. The molecule has 0 saturated heterocycles. The first kappa shape index (κ1) is 21.1. The maximum Gasteiger partial charge on any atom is 0.433 e. The molecule has 0 aliphatic heterocycles. The normalized spacial score (nSPS) is 12.3. The van der Waals surface area contributed by atoms with Gasteiger partial charge in [-0.15, -0.1) is 11.3 Å². The molecular weight excluding hydrogens is 429 g/mol. The Morgan fingerprint density at radius 1 is 1.21 bits per heavy atom. The molecule has 2 heterocycles. The Kier molecular flexibility index (Phi) is 5.54. The number of carboxylic acids is 1. The van der Waals surface area contributed by atoms with Crippen LogP contribution in [-0.4, -0.2) is 29.3 Å². The number of halogens is 3. The molecule has 6 nitrogen and oxygen atoms in total. The zero-order chi connectivity index (χ0) is 21.4. The number of aliphatic carboxylic acids is 1. The number of thiophene rings is 1. The standard InChI is InChI=1S/C18H15F3N2O4S2/c1-23-15(18(19,20)21)10-13(22-23)14-6-8-17(28-14)29(26,27)12-4-2-3-11(9-12)5-7-16(24)25/h2-4,6,8-10H,5,7H2,1H3,(H,24,25). The number of nitrogens with zero attached hydrogens (tertiary/aromatic N) is 2. The van der Waals surface area contributed by atoms with Crippen LogP contribution >= 0.6 is 11.3 Å². The molecule has 29 heavy (non-hydrogen) atoms. The molecule has 2 aromatic heterocycles. The van der Waals surface area contributed by atoms with E-state index in [2.05, 4.69) is 5.10 Å². The van der Waals surface area contributed by atoms with Crippen molar-refractivity contribution < 1.29 is 31.5 Å². The molecule has 11 heteroatoms. The van der Waals surface area contributed by atoms with Crippen LogP contribution in [0.3, 0.4) is 0 Å². The summed E-state index contributed by atoms with van der Waals surface area (Å²) >= 11 is 0.819. The van der Waals surface area contributed by atoms with Gasteiger partial charge in [0.05, 0.1) is 9.77 Å². The van der Waals surface area contributed by atoms with Crippen LogP contribution in [0.2, 0.25) is 0 Å². The highest BCUT2D eigenvalue weighted by Crippen LogP contribution is 2.36. The molecule has 0 saturated carbocycles. The van der Waals surface area contributed by atoms with Crippen molar-refractivity contribution in [3.8, 4) is 10.6 Å². The summed E-state index contributed by atoms with van der Waals surface area (Å²) in [5.74, 6) is -0.991. The number of hydrogen-bond donors (Lipinski definition) is 1. The minimum atomic E-state index is -4.57. The number of benzene rings is 1. The van der Waals surface area contributed by atoms with Crippen LogP contribution in [0.25, 0.3) is 10.6 Å². The number of carbonyl (C=O) groups is 1. The van der Waals surface area contributed by atoms with Gasteiger partial charge in [0.1, 0.15) is 15.6 Å². The van der Waals surface area contributed by atoms with Crippen molar-refractivity contribution in [1.29, 1.82) is 0 Å². The molecule has 154 valence electrons. The quantitative estimate of drug-likeness (QED) is 0.620. The van der Waals surface area contributed by atoms with E-state index in [0.717, 1.165) is 17.4 Å². The Morgan fingerprint density at radius 3 is 2.55 bits per heavy atom. The van der Waals surface area contributed by atoms with Gasteiger partial charge in [0.25, 0.3) is 0 Å². The molecule has 0 atom stereocenters. The summed E-state index contributed by atoms with van der Waals surface area (Å²) in [5.41, 5.74) is -0.345. The molecule has 0 unspecified atom stereocenters. The molecule has 1 aromatic carbocycles. The van der Waals surface area contributed by atoms with Crippen molar-refractivity contribution >= 4 is 27.1 Å². The average Bonchev–Trinajstić information content (AvgIpc) is 3.27. The van der Waals surface area contributed by atoms with Crippen molar-refractivity contribution in [2.45, 2.75) is 28.1 Å². The Hall–Kier alpha value is -2.66. The van der Waals surface area contributed by atoms with Gasteiger partial charge in [-0.3, -0.25) is 9.48 Å². The minimum absolute atomic E-state index is 0.00853. The van der Waals surface area contributed by atoms with Gasteiger partial charge < -0.3 is 5.11 Å². The lowest BCUT2D eigenvalue weighted by Crippen LogP contribution is -2.11. The number of carboxylic acid groups (broad SMARTS) is 1. The Bertz CT molecular complexity index is 1160. The summed E-state index contributed by atoms with van der Waals surface area (Å²) in [6.07, 6.45) is -4.51. The number of aryl methyl sites for hydroxylation is 2. The van der Waals surface area contributed by atoms with Crippen LogP contribution in [-0.2, 0) is 34.3 Å². The lowest BCUT2D eigenvalue weighted by molar-refractivity contribution is -0.143. The fourth-order valence-corrected chi connectivity index (χ4v) is 5.42. The van der Waals surface area contributed by atoms with E-state index >= 15 is 0 Å². The van der Waals surface area contributed by atoms with Crippen LogP contribution in [0.1, 0.15) is 17.7 Å². The predicted molar refractivity (Wildman–Crippen MR) is 99.4 cm³/mol. The number of rotatable bonds is 6. The summed E-state index contributed by atoms with van der Waals surface area (Å²) in [4.78, 5) is 11.0. The van der Waals surface area contributed by atoms with Crippen LogP contribution in [0.15, 0.2) is 51.6 Å². The van der Waals surface area contributed by atoms with Gasteiger partial charge in [0.2, 0.25) is 9.84 Å². The molecule has 0 spiro atoms. The van der Waals surface area contributed by atoms with Gasteiger partial charge in [-0.1, -0.05) is 12.1 Å². The molecule has 3 aromatic rings. The van der Waals surface area contributed by atoms with E-state index in [1.165, 1.54) is 37.4 Å². The topological polar surface area (TPSA) is 89.3 Å². The lowest BCUT2D eigenvalue weighted by atomic mass is 10.1. The summed E-state index contributed by atoms with van der Waals surface area (Å²) in [6, 6.07) is 9.55. The number of aromatic nitrogens is 2. The van der Waals surface area contributed by atoms with E-state index in [-0.39, 0.29) is 32.5 Å². The summed E-state index contributed by atoms with van der Waals surface area (Å²) in [6.45, 7) is 0. The second-order valence-electron chi connectivity index (χ2n) is 6.20. The maximum absolute atomic E-state index is 13.0. The van der Waals surface area contributed by atoms with E-state index in [0.29, 0.717) is 10.2 Å². The highest BCUT2D eigenvalue weighted by molar-refractivity contribution is 7.93. The molecular formula is C18H15F3N2O4S2. The third kappa shape index (κ3) is 4.51. The summed E-state index contributed by atoms with van der Waals surface area (Å²) in [7, 11) is -2.74. The van der Waals surface area contributed by atoms with Gasteiger partial charge in [-0.2, -0.15) is 18.3 Å². The van der Waals surface area contributed by atoms with Crippen molar-refractivity contribution in [2.75, 3.05) is 0 Å². The monoisotopic (exact) mass is 444 g/mol. The first-order chi connectivity index (χ1) is 13.5. The van der Waals surface area contributed by atoms with E-state index in [1.54, 1.807) is 6.07 Å². The Labute approximate surface area is 168 Å². The highest BCUT2D eigenvalue weighted by atomic mass is 32.2. The first-order valence-electron chi connectivity index (χ1n) is 8.26. The van der Waals surface area contributed by atoms with Crippen LogP contribution < -0.4 is 0 Å². The number of sulfone groups is 1. The maximum atomic E-state index is 13.0. The van der Waals surface area contributed by atoms with E-state index in [4.69, 9.17) is 5.11 Å². The third-order valence-corrected chi connectivity index (χ3v) is 7.46. The van der Waals surface area contributed by atoms with Crippen molar-refractivity contribution in [1.82, 2.24) is 9.78 Å². The number of alkyl halides is 3. The third-order valence-electron chi connectivity index (χ3n) is 4.11. The summed E-state index contributed by atoms with van der Waals surface area (Å²) < 4.78 is 65.3. The molecule has 0 aliphatic carbocycles. The molecule has 1 N–H and O–H groups in total. The fourth-order valence-electron chi connectivity index (χ4n) is 2.69. The van der Waals surface area contributed by atoms with Crippen molar-refractivity contribution in [3.05, 3.63) is 53.7 Å². The van der Waals surface area contributed by atoms with Gasteiger partial charge >= 0.3 is 12.1 Å². The smallest absolute Gasteiger partial charge is 0.433 e. The Balaban J connectivity index is 1.92. The van der Waals surface area contributed by atoms with Crippen LogP contribution in [0, 0.1) is 0 Å². The zero-order valence-corrected chi connectivity index (χ0v) is 16.6. The Morgan fingerprint density at radius 2 is 1.93 bits per heavy atom. The van der Waals surface area contributed by atoms with Gasteiger partial charge in [0, 0.05) is 13.5 Å². The van der Waals surface area contributed by atoms with Crippen molar-refractivity contribution in [3.63, 3.8) is 0 Å². The van der Waals surface area contributed by atoms with Crippen LogP contribution in [0.4, 0.5) is 13.2 Å². The molecule has 0 fully saturated rings. The fraction of sp³-hybridized carbons (Fsp3) is 0.222. The first-order valence-corrected chi connectivity index (χ1v) is 10.6. The second kappa shape index (κ2) is 7.64. The van der Waals surface area contributed by atoms with Crippen molar-refractivity contribution in [2.24, 2.45) is 7.05 Å². The molecule has 0 bridgehead atoms. The van der Waals surface area contributed by atoms with E-state index in [1.807, 2.05) is 0 Å². The molecule has 0 radical (unpaired) electrons. The zero-order valence-electron chi connectivity index (χ0n) is 15.0. The van der Waals surface area contributed by atoms with Crippen LogP contribution in [0.5, 0.6) is 0 Å². The van der Waals surface area contributed by atoms with E-state index < -0.39 is 27.7 Å². The largest absolute Gasteiger partial charge is 0.481 e. The second-order valence-corrected chi connectivity index (χ2v) is 9.46. The molecule has 3 rings (SSSR count). The van der Waals surface area contributed by atoms with Gasteiger partial charge in [0.15, 0.2) is 0 Å². The molecule has 0 aliphatic rings. The SMILES string of the molecule is Cn1nc(-c2ccc(S(=O)(=O)c3cccc(CCC(=O)O)c3)s2)cc1C(F)(F)F. The lowest BCUT2D eigenvalue weighted by Gasteiger charge is -2.05.